The fourth-order valence-electron chi connectivity index (χ4n) is 3.23. The third-order valence-electron chi connectivity index (χ3n) is 3.98. The van der Waals surface area contributed by atoms with E-state index in [1.54, 1.807) is 0 Å². The van der Waals surface area contributed by atoms with Crippen LogP contribution in [0.15, 0.2) is 18.3 Å². The molecule has 1 saturated heterocycles. The second kappa shape index (κ2) is 4.32. The standard InChI is InChI=1S/C15H24N2O/c1-10-11(7-6-8-17-10)13(16)12-9-14(2,3)18-15(12,4)5/h6-8,12-13H,9,16H2,1-5H3. The van der Waals surface area contributed by atoms with Crippen LogP contribution in [0.25, 0.3) is 0 Å². The van der Waals surface area contributed by atoms with Gasteiger partial charge in [-0.2, -0.15) is 0 Å². The lowest BCUT2D eigenvalue weighted by molar-refractivity contribution is -0.0767. The predicted octanol–water partition coefficient (Wildman–Crippen LogP) is 2.98. The Kier molecular flexibility index (Phi) is 3.24. The molecule has 0 saturated carbocycles. The number of hydrogen-bond donors (Lipinski definition) is 1. The molecule has 2 N–H and O–H groups in total. The minimum Gasteiger partial charge on any atom is -0.369 e. The van der Waals surface area contributed by atoms with Gasteiger partial charge in [0.25, 0.3) is 0 Å². The van der Waals surface area contributed by atoms with E-state index < -0.39 is 0 Å². The molecule has 1 aromatic heterocycles. The minimum absolute atomic E-state index is 0.0181. The topological polar surface area (TPSA) is 48.1 Å². The zero-order chi connectivity index (χ0) is 13.6. The van der Waals surface area contributed by atoms with Crippen molar-refractivity contribution < 1.29 is 4.74 Å². The number of hydrogen-bond acceptors (Lipinski definition) is 3. The number of nitrogens with two attached hydrogens (primary N) is 1. The predicted molar refractivity (Wildman–Crippen MR) is 73.3 cm³/mol. The lowest BCUT2D eigenvalue weighted by Crippen LogP contribution is -2.36. The van der Waals surface area contributed by atoms with Crippen LogP contribution in [0.5, 0.6) is 0 Å². The van der Waals surface area contributed by atoms with Crippen molar-refractivity contribution in [3.8, 4) is 0 Å². The molecule has 0 spiro atoms. The molecule has 1 fully saturated rings. The first kappa shape index (κ1) is 13.5. The number of pyridine rings is 1. The summed E-state index contributed by atoms with van der Waals surface area (Å²) in [5, 5.41) is 0. The van der Waals surface area contributed by atoms with Gasteiger partial charge in [-0.1, -0.05) is 6.07 Å². The first-order valence-electron chi connectivity index (χ1n) is 6.60. The zero-order valence-electron chi connectivity index (χ0n) is 12.0. The summed E-state index contributed by atoms with van der Waals surface area (Å²) >= 11 is 0. The molecular formula is C15H24N2O. The van der Waals surface area contributed by atoms with Crippen molar-refractivity contribution in [2.24, 2.45) is 11.7 Å². The Hall–Kier alpha value is -0.930. The number of rotatable bonds is 2. The molecule has 18 heavy (non-hydrogen) atoms. The lowest BCUT2D eigenvalue weighted by Gasteiger charge is -2.31. The molecule has 100 valence electrons. The molecule has 0 radical (unpaired) electrons. The quantitative estimate of drug-likeness (QED) is 0.875. The first-order chi connectivity index (χ1) is 8.23. The van der Waals surface area contributed by atoms with Crippen LogP contribution in [0.1, 0.15) is 51.4 Å². The van der Waals surface area contributed by atoms with Crippen molar-refractivity contribution in [1.82, 2.24) is 4.98 Å². The fourth-order valence-corrected chi connectivity index (χ4v) is 3.23. The number of nitrogens with zero attached hydrogens (tertiary/aromatic N) is 1. The maximum atomic E-state index is 6.48. The average molecular weight is 248 g/mol. The Bertz CT molecular complexity index is 440. The Morgan fingerprint density at radius 2 is 2.06 bits per heavy atom. The summed E-state index contributed by atoms with van der Waals surface area (Å²) in [7, 11) is 0. The summed E-state index contributed by atoms with van der Waals surface area (Å²) in [5.74, 6) is 0.315. The number of aromatic nitrogens is 1. The summed E-state index contributed by atoms with van der Waals surface area (Å²) in [6.07, 6.45) is 2.79. The van der Waals surface area contributed by atoms with Crippen molar-refractivity contribution in [3.05, 3.63) is 29.6 Å². The summed E-state index contributed by atoms with van der Waals surface area (Å²) < 4.78 is 6.13. The van der Waals surface area contributed by atoms with E-state index in [4.69, 9.17) is 10.5 Å². The second-order valence-electron chi connectivity index (χ2n) is 6.48. The first-order valence-corrected chi connectivity index (χ1v) is 6.60. The normalized spacial score (nSPS) is 27.1. The molecule has 2 rings (SSSR count). The van der Waals surface area contributed by atoms with Crippen molar-refractivity contribution in [2.45, 2.75) is 58.3 Å². The third kappa shape index (κ3) is 2.43. The third-order valence-corrected chi connectivity index (χ3v) is 3.98. The average Bonchev–Trinajstić information content (AvgIpc) is 2.46. The van der Waals surface area contributed by atoms with Gasteiger partial charge >= 0.3 is 0 Å². The molecule has 0 aromatic carbocycles. The van der Waals surface area contributed by atoms with E-state index in [1.165, 1.54) is 0 Å². The summed E-state index contributed by atoms with van der Waals surface area (Å²) in [5.41, 5.74) is 8.35. The van der Waals surface area contributed by atoms with E-state index in [1.807, 2.05) is 19.2 Å². The Morgan fingerprint density at radius 1 is 1.39 bits per heavy atom. The molecule has 0 amide bonds. The van der Waals surface area contributed by atoms with Gasteiger partial charge in [0.2, 0.25) is 0 Å². The van der Waals surface area contributed by atoms with Gasteiger partial charge in [0, 0.05) is 23.9 Å². The Labute approximate surface area is 110 Å². The van der Waals surface area contributed by atoms with Gasteiger partial charge in [0.15, 0.2) is 0 Å². The van der Waals surface area contributed by atoms with Crippen molar-refractivity contribution in [1.29, 1.82) is 0 Å². The Morgan fingerprint density at radius 3 is 2.56 bits per heavy atom. The Balaban J connectivity index is 2.30. The molecule has 2 atom stereocenters. The monoisotopic (exact) mass is 248 g/mol. The zero-order valence-corrected chi connectivity index (χ0v) is 12.0. The van der Waals surface area contributed by atoms with E-state index >= 15 is 0 Å². The van der Waals surface area contributed by atoms with Crippen molar-refractivity contribution >= 4 is 0 Å². The minimum atomic E-state index is -0.189. The van der Waals surface area contributed by atoms with Gasteiger partial charge < -0.3 is 10.5 Å². The van der Waals surface area contributed by atoms with Crippen LogP contribution >= 0.6 is 0 Å². The highest BCUT2D eigenvalue weighted by Crippen LogP contribution is 2.47. The van der Waals surface area contributed by atoms with Gasteiger partial charge in [-0.15, -0.1) is 0 Å². The highest BCUT2D eigenvalue weighted by Gasteiger charge is 2.48. The van der Waals surface area contributed by atoms with E-state index in [-0.39, 0.29) is 17.2 Å². The van der Waals surface area contributed by atoms with Gasteiger partial charge in [0.05, 0.1) is 11.2 Å². The highest BCUT2D eigenvalue weighted by molar-refractivity contribution is 5.24. The largest absolute Gasteiger partial charge is 0.369 e. The molecule has 0 aliphatic carbocycles. The van der Waals surface area contributed by atoms with Crippen LogP contribution < -0.4 is 5.73 Å². The maximum absolute atomic E-state index is 6.48. The van der Waals surface area contributed by atoms with E-state index in [2.05, 4.69) is 38.7 Å². The van der Waals surface area contributed by atoms with Crippen LogP contribution in [0.2, 0.25) is 0 Å². The molecule has 1 aliphatic heterocycles. The highest BCUT2D eigenvalue weighted by atomic mass is 16.5. The molecule has 3 nitrogen and oxygen atoms in total. The van der Waals surface area contributed by atoms with Gasteiger partial charge in [-0.3, -0.25) is 4.98 Å². The van der Waals surface area contributed by atoms with Gasteiger partial charge in [-0.25, -0.2) is 0 Å². The van der Waals surface area contributed by atoms with E-state index in [9.17, 15) is 0 Å². The van der Waals surface area contributed by atoms with Crippen molar-refractivity contribution in [3.63, 3.8) is 0 Å². The van der Waals surface area contributed by atoms with Crippen LogP contribution in [-0.4, -0.2) is 16.2 Å². The molecule has 3 heteroatoms. The number of ether oxygens (including phenoxy) is 1. The molecule has 2 unspecified atom stereocenters. The molecule has 2 heterocycles. The molecule has 1 aliphatic rings. The van der Waals surface area contributed by atoms with Crippen molar-refractivity contribution in [2.75, 3.05) is 0 Å². The molecular weight excluding hydrogens is 224 g/mol. The number of aryl methyl sites for hydroxylation is 1. The van der Waals surface area contributed by atoms with Crippen LogP contribution in [-0.2, 0) is 4.74 Å². The summed E-state index contributed by atoms with van der Waals surface area (Å²) in [6.45, 7) is 10.6. The van der Waals surface area contributed by atoms with E-state index in [0.29, 0.717) is 5.92 Å². The summed E-state index contributed by atoms with van der Waals surface area (Å²) in [6, 6.07) is 4.01. The lowest BCUT2D eigenvalue weighted by atomic mass is 9.79. The maximum Gasteiger partial charge on any atom is 0.0680 e. The van der Waals surface area contributed by atoms with Crippen LogP contribution in [0.3, 0.4) is 0 Å². The van der Waals surface area contributed by atoms with Gasteiger partial charge in [-0.05, 0) is 52.7 Å². The van der Waals surface area contributed by atoms with Crippen LogP contribution in [0.4, 0.5) is 0 Å². The van der Waals surface area contributed by atoms with Crippen LogP contribution in [0, 0.1) is 12.8 Å². The van der Waals surface area contributed by atoms with Gasteiger partial charge in [0.1, 0.15) is 0 Å². The summed E-state index contributed by atoms with van der Waals surface area (Å²) in [4.78, 5) is 4.33. The smallest absolute Gasteiger partial charge is 0.0680 e. The molecule has 1 aromatic rings. The van der Waals surface area contributed by atoms with E-state index in [0.717, 1.165) is 17.7 Å². The second-order valence-corrected chi connectivity index (χ2v) is 6.48. The molecule has 0 bridgehead atoms. The SMILES string of the molecule is Cc1ncccc1C(N)C1CC(C)(C)OC1(C)C. The fraction of sp³-hybridized carbons (Fsp3) is 0.667.